The van der Waals surface area contributed by atoms with Crippen molar-refractivity contribution in [2.75, 3.05) is 19.5 Å². The molecule has 0 aliphatic heterocycles. The number of nitrogens with zero attached hydrogens (tertiary/aromatic N) is 2. The topological polar surface area (TPSA) is 88.6 Å². The second kappa shape index (κ2) is 7.94. The van der Waals surface area contributed by atoms with E-state index in [-0.39, 0.29) is 12.4 Å². The van der Waals surface area contributed by atoms with E-state index < -0.39 is 6.16 Å². The standard InChI is InChI=1S/C23H23N3O4/c1-4-29-23(27)30-21-14(2)25-22-19(20(21)24)17-7-5-6-8-18(17)26(22)13-15-9-11-16(28-3)12-10-15/h5-12H,4,13H2,1-3H3,(H2,24,25). The van der Waals surface area contributed by atoms with Crippen LogP contribution in [0.5, 0.6) is 11.5 Å². The van der Waals surface area contributed by atoms with Crippen molar-refractivity contribution < 1.29 is 19.0 Å². The van der Waals surface area contributed by atoms with Crippen molar-refractivity contribution in [3.8, 4) is 11.5 Å². The summed E-state index contributed by atoms with van der Waals surface area (Å²) in [5, 5.41) is 1.70. The van der Waals surface area contributed by atoms with Gasteiger partial charge < -0.3 is 24.5 Å². The lowest BCUT2D eigenvalue weighted by Gasteiger charge is -2.12. The second-order valence-electron chi connectivity index (χ2n) is 6.88. The number of hydrogen-bond donors (Lipinski definition) is 1. The molecule has 0 saturated heterocycles. The summed E-state index contributed by atoms with van der Waals surface area (Å²) in [5.74, 6) is 1.04. The Morgan fingerprint density at radius 2 is 1.87 bits per heavy atom. The molecule has 0 saturated carbocycles. The Balaban J connectivity index is 1.88. The average molecular weight is 405 g/mol. The zero-order valence-corrected chi connectivity index (χ0v) is 17.1. The number of rotatable bonds is 5. The van der Waals surface area contributed by atoms with E-state index >= 15 is 0 Å². The molecule has 4 rings (SSSR count). The maximum atomic E-state index is 11.9. The summed E-state index contributed by atoms with van der Waals surface area (Å²) < 4.78 is 17.6. The number of carbonyl (C=O) groups excluding carboxylic acids is 1. The van der Waals surface area contributed by atoms with Crippen molar-refractivity contribution in [3.05, 3.63) is 59.8 Å². The Morgan fingerprint density at radius 1 is 1.13 bits per heavy atom. The lowest BCUT2D eigenvalue weighted by atomic mass is 10.1. The maximum absolute atomic E-state index is 11.9. The molecule has 0 aliphatic rings. The quantitative estimate of drug-likeness (QED) is 0.485. The number of pyridine rings is 1. The number of anilines is 1. The van der Waals surface area contributed by atoms with Crippen LogP contribution < -0.4 is 15.2 Å². The van der Waals surface area contributed by atoms with Crippen molar-refractivity contribution in [1.29, 1.82) is 0 Å². The van der Waals surface area contributed by atoms with Gasteiger partial charge in [0.2, 0.25) is 0 Å². The molecule has 0 spiro atoms. The van der Waals surface area contributed by atoms with E-state index in [0.717, 1.165) is 33.2 Å². The van der Waals surface area contributed by atoms with Crippen LogP contribution in [0.1, 0.15) is 18.2 Å². The molecule has 0 amide bonds. The van der Waals surface area contributed by atoms with Gasteiger partial charge in [-0.2, -0.15) is 0 Å². The predicted octanol–water partition coefficient (Wildman–Crippen LogP) is 4.67. The summed E-state index contributed by atoms with van der Waals surface area (Å²) in [6.45, 7) is 4.30. The highest BCUT2D eigenvalue weighted by atomic mass is 16.7. The van der Waals surface area contributed by atoms with Gasteiger partial charge in [0.1, 0.15) is 11.4 Å². The molecule has 0 fully saturated rings. The van der Waals surface area contributed by atoms with Gasteiger partial charge in [0.15, 0.2) is 5.75 Å². The van der Waals surface area contributed by atoms with Gasteiger partial charge in [-0.25, -0.2) is 9.78 Å². The Hall–Kier alpha value is -3.74. The van der Waals surface area contributed by atoms with E-state index in [4.69, 9.17) is 24.9 Å². The lowest BCUT2D eigenvalue weighted by Crippen LogP contribution is -2.13. The van der Waals surface area contributed by atoms with Crippen LogP contribution in [0.2, 0.25) is 0 Å². The third-order valence-corrected chi connectivity index (χ3v) is 5.01. The van der Waals surface area contributed by atoms with Crippen molar-refractivity contribution >= 4 is 33.8 Å². The third kappa shape index (κ3) is 3.39. The van der Waals surface area contributed by atoms with Gasteiger partial charge in [-0.3, -0.25) is 0 Å². The molecule has 30 heavy (non-hydrogen) atoms. The number of methoxy groups -OCH3 is 1. The highest BCUT2D eigenvalue weighted by Gasteiger charge is 2.21. The third-order valence-electron chi connectivity index (χ3n) is 5.01. The minimum Gasteiger partial charge on any atom is -0.497 e. The number of aryl methyl sites for hydroxylation is 1. The first-order valence-electron chi connectivity index (χ1n) is 9.68. The number of nitrogen functional groups attached to an aromatic ring is 1. The monoisotopic (exact) mass is 405 g/mol. The van der Waals surface area contributed by atoms with Crippen molar-refractivity contribution in [2.45, 2.75) is 20.4 Å². The van der Waals surface area contributed by atoms with Crippen LogP contribution in [0, 0.1) is 6.92 Å². The van der Waals surface area contributed by atoms with Gasteiger partial charge in [-0.15, -0.1) is 0 Å². The van der Waals surface area contributed by atoms with Crippen molar-refractivity contribution in [1.82, 2.24) is 9.55 Å². The lowest BCUT2D eigenvalue weighted by molar-refractivity contribution is 0.104. The van der Waals surface area contributed by atoms with Crippen molar-refractivity contribution in [3.63, 3.8) is 0 Å². The molecular formula is C23H23N3O4. The Morgan fingerprint density at radius 3 is 2.57 bits per heavy atom. The van der Waals surface area contributed by atoms with E-state index in [1.165, 1.54) is 0 Å². The van der Waals surface area contributed by atoms with E-state index in [1.807, 2.05) is 48.5 Å². The van der Waals surface area contributed by atoms with Crippen LogP contribution in [-0.2, 0) is 11.3 Å². The number of nitrogens with two attached hydrogens (primary N) is 1. The average Bonchev–Trinajstić information content (AvgIpc) is 3.05. The van der Waals surface area contributed by atoms with Gasteiger partial charge in [-0.05, 0) is 37.6 Å². The van der Waals surface area contributed by atoms with E-state index in [0.29, 0.717) is 17.9 Å². The molecular weight excluding hydrogens is 382 g/mol. The largest absolute Gasteiger partial charge is 0.513 e. The zero-order valence-electron chi connectivity index (χ0n) is 17.1. The highest BCUT2D eigenvalue weighted by Crippen LogP contribution is 2.39. The fraction of sp³-hybridized carbons (Fsp3) is 0.217. The Labute approximate surface area is 174 Å². The number of carbonyl (C=O) groups is 1. The Kier molecular flexibility index (Phi) is 5.18. The minimum absolute atomic E-state index is 0.217. The molecule has 0 radical (unpaired) electrons. The summed E-state index contributed by atoms with van der Waals surface area (Å²) >= 11 is 0. The SMILES string of the molecule is CCOC(=O)Oc1c(C)nc2c(c1N)c1ccccc1n2Cc1ccc(OC)cc1. The molecule has 2 aromatic heterocycles. The van der Waals surface area contributed by atoms with Crippen LogP contribution in [0.25, 0.3) is 21.9 Å². The first-order valence-corrected chi connectivity index (χ1v) is 9.68. The fourth-order valence-electron chi connectivity index (χ4n) is 3.62. The zero-order chi connectivity index (χ0) is 21.3. The van der Waals surface area contributed by atoms with Gasteiger partial charge in [0.05, 0.1) is 36.0 Å². The molecule has 0 bridgehead atoms. The van der Waals surface area contributed by atoms with Gasteiger partial charge >= 0.3 is 6.16 Å². The second-order valence-corrected chi connectivity index (χ2v) is 6.88. The smallest absolute Gasteiger partial charge is 0.497 e. The number of fused-ring (bicyclic) bond motifs is 3. The molecule has 7 heteroatoms. The van der Waals surface area contributed by atoms with Crippen LogP contribution >= 0.6 is 0 Å². The summed E-state index contributed by atoms with van der Waals surface area (Å²) in [6.07, 6.45) is -0.796. The number of ether oxygens (including phenoxy) is 3. The summed E-state index contributed by atoms with van der Waals surface area (Å²) in [4.78, 5) is 16.6. The molecule has 2 aromatic carbocycles. The molecule has 7 nitrogen and oxygen atoms in total. The first-order chi connectivity index (χ1) is 14.5. The summed E-state index contributed by atoms with van der Waals surface area (Å²) in [5.41, 5.74) is 10.2. The van der Waals surface area contributed by atoms with Crippen molar-refractivity contribution in [2.24, 2.45) is 0 Å². The molecule has 0 atom stereocenters. The number of para-hydroxylation sites is 1. The summed E-state index contributed by atoms with van der Waals surface area (Å²) in [6, 6.07) is 15.9. The van der Waals surface area contributed by atoms with Crippen LogP contribution in [0.15, 0.2) is 48.5 Å². The van der Waals surface area contributed by atoms with Gasteiger partial charge in [0, 0.05) is 11.9 Å². The molecule has 154 valence electrons. The molecule has 2 heterocycles. The van der Waals surface area contributed by atoms with E-state index in [1.54, 1.807) is 21.0 Å². The minimum atomic E-state index is -0.796. The van der Waals surface area contributed by atoms with Gasteiger partial charge in [-0.1, -0.05) is 30.3 Å². The van der Waals surface area contributed by atoms with Gasteiger partial charge in [0.25, 0.3) is 0 Å². The number of aromatic nitrogens is 2. The molecule has 0 unspecified atom stereocenters. The molecule has 0 aliphatic carbocycles. The Bertz CT molecular complexity index is 1230. The normalized spacial score (nSPS) is 11.0. The maximum Gasteiger partial charge on any atom is 0.513 e. The molecule has 4 aromatic rings. The van der Waals surface area contributed by atoms with Crippen LogP contribution in [0.4, 0.5) is 10.5 Å². The van der Waals surface area contributed by atoms with E-state index in [2.05, 4.69) is 4.57 Å². The highest BCUT2D eigenvalue weighted by molar-refractivity contribution is 6.13. The number of hydrogen-bond acceptors (Lipinski definition) is 6. The van der Waals surface area contributed by atoms with Crippen LogP contribution in [0.3, 0.4) is 0 Å². The van der Waals surface area contributed by atoms with Crippen LogP contribution in [-0.4, -0.2) is 29.4 Å². The summed E-state index contributed by atoms with van der Waals surface area (Å²) in [7, 11) is 1.65. The predicted molar refractivity (Wildman–Crippen MR) is 116 cm³/mol. The first kappa shape index (κ1) is 19.6. The number of benzene rings is 2. The van der Waals surface area contributed by atoms with E-state index in [9.17, 15) is 4.79 Å². The fourth-order valence-corrected chi connectivity index (χ4v) is 3.62. The molecule has 2 N–H and O–H groups in total.